The molecule has 106 valence electrons. The van der Waals surface area contributed by atoms with Gasteiger partial charge >= 0.3 is 5.97 Å². The normalized spacial score (nSPS) is 12.9. The Bertz CT molecular complexity index is 396. The van der Waals surface area contributed by atoms with Crippen molar-refractivity contribution < 1.29 is 9.90 Å². The number of rotatable bonds is 7. The second-order valence-corrected chi connectivity index (χ2v) is 5.19. The molecule has 1 unspecified atom stereocenters. The molecule has 0 spiro atoms. The van der Waals surface area contributed by atoms with Gasteiger partial charge in [-0.3, -0.25) is 9.69 Å². The standard InChI is InChI=1S/C16H25NO2/c1-5-15(6-2)17(4)11-13-7-9-14(10-8-13)12(3)16(18)19/h7-10,12,15H,5-6,11H2,1-4H3,(H,18,19). The summed E-state index contributed by atoms with van der Waals surface area (Å²) in [5, 5.41) is 8.98. The third-order valence-corrected chi connectivity index (χ3v) is 3.85. The average molecular weight is 263 g/mol. The van der Waals surface area contributed by atoms with Gasteiger partial charge in [0.15, 0.2) is 0 Å². The number of hydrogen-bond donors (Lipinski definition) is 1. The van der Waals surface area contributed by atoms with E-state index in [4.69, 9.17) is 5.11 Å². The van der Waals surface area contributed by atoms with Crippen LogP contribution in [0, 0.1) is 0 Å². The minimum Gasteiger partial charge on any atom is -0.481 e. The molecule has 1 rings (SSSR count). The molecule has 1 aromatic carbocycles. The quantitative estimate of drug-likeness (QED) is 0.818. The fourth-order valence-corrected chi connectivity index (χ4v) is 2.38. The zero-order valence-corrected chi connectivity index (χ0v) is 12.4. The first-order valence-electron chi connectivity index (χ1n) is 7.01. The number of benzene rings is 1. The molecule has 0 heterocycles. The van der Waals surface area contributed by atoms with Crippen LogP contribution in [0.4, 0.5) is 0 Å². The van der Waals surface area contributed by atoms with E-state index in [0.29, 0.717) is 6.04 Å². The number of carbonyl (C=O) groups is 1. The summed E-state index contributed by atoms with van der Waals surface area (Å²) < 4.78 is 0. The lowest BCUT2D eigenvalue weighted by molar-refractivity contribution is -0.138. The van der Waals surface area contributed by atoms with Crippen LogP contribution in [0.25, 0.3) is 0 Å². The van der Waals surface area contributed by atoms with E-state index in [2.05, 4.69) is 25.8 Å². The number of nitrogens with zero attached hydrogens (tertiary/aromatic N) is 1. The van der Waals surface area contributed by atoms with Crippen LogP contribution in [0.15, 0.2) is 24.3 Å². The second kappa shape index (κ2) is 7.29. The molecule has 0 aliphatic heterocycles. The van der Waals surface area contributed by atoms with E-state index in [1.165, 1.54) is 5.56 Å². The first-order chi connectivity index (χ1) is 8.99. The van der Waals surface area contributed by atoms with Gasteiger partial charge in [0.2, 0.25) is 0 Å². The van der Waals surface area contributed by atoms with Crippen molar-refractivity contribution in [3.63, 3.8) is 0 Å². The van der Waals surface area contributed by atoms with Crippen LogP contribution in [0.2, 0.25) is 0 Å². The minimum absolute atomic E-state index is 0.439. The van der Waals surface area contributed by atoms with E-state index in [1.807, 2.05) is 24.3 Å². The second-order valence-electron chi connectivity index (χ2n) is 5.19. The number of aliphatic carboxylic acids is 1. The molecule has 1 aromatic rings. The lowest BCUT2D eigenvalue weighted by atomic mass is 10.00. The molecule has 1 N–H and O–H groups in total. The van der Waals surface area contributed by atoms with Crippen molar-refractivity contribution in [2.24, 2.45) is 0 Å². The largest absolute Gasteiger partial charge is 0.481 e. The van der Waals surface area contributed by atoms with E-state index < -0.39 is 11.9 Å². The van der Waals surface area contributed by atoms with Crippen molar-refractivity contribution in [1.29, 1.82) is 0 Å². The lowest BCUT2D eigenvalue weighted by Gasteiger charge is -2.26. The molecule has 1 atom stereocenters. The molecule has 0 saturated heterocycles. The Balaban J connectivity index is 2.69. The monoisotopic (exact) mass is 263 g/mol. The van der Waals surface area contributed by atoms with Crippen molar-refractivity contribution in [2.75, 3.05) is 7.05 Å². The SMILES string of the molecule is CCC(CC)N(C)Cc1ccc(C(C)C(=O)O)cc1. The van der Waals surface area contributed by atoms with Gasteiger partial charge in [-0.05, 0) is 37.9 Å². The van der Waals surface area contributed by atoms with E-state index in [-0.39, 0.29) is 0 Å². The fourth-order valence-electron chi connectivity index (χ4n) is 2.38. The van der Waals surface area contributed by atoms with Crippen LogP contribution in [-0.2, 0) is 11.3 Å². The molecule has 19 heavy (non-hydrogen) atoms. The number of carboxylic acids is 1. The Morgan fingerprint density at radius 1 is 1.21 bits per heavy atom. The van der Waals surface area contributed by atoms with Gasteiger partial charge in [0.1, 0.15) is 0 Å². The van der Waals surface area contributed by atoms with E-state index in [1.54, 1.807) is 6.92 Å². The maximum Gasteiger partial charge on any atom is 0.310 e. The van der Waals surface area contributed by atoms with Gasteiger partial charge < -0.3 is 5.11 Å². The molecule has 0 aromatic heterocycles. The fraction of sp³-hybridized carbons (Fsp3) is 0.562. The predicted octanol–water partition coefficient (Wildman–Crippen LogP) is 3.50. The zero-order chi connectivity index (χ0) is 14.4. The van der Waals surface area contributed by atoms with Gasteiger partial charge in [0.05, 0.1) is 5.92 Å². The summed E-state index contributed by atoms with van der Waals surface area (Å²) in [6.07, 6.45) is 2.31. The van der Waals surface area contributed by atoms with Crippen LogP contribution in [0.1, 0.15) is 50.7 Å². The van der Waals surface area contributed by atoms with Crippen LogP contribution >= 0.6 is 0 Å². The first kappa shape index (κ1) is 15.7. The number of hydrogen-bond acceptors (Lipinski definition) is 2. The third kappa shape index (κ3) is 4.35. The van der Waals surface area contributed by atoms with Crippen molar-refractivity contribution >= 4 is 5.97 Å². The summed E-state index contributed by atoms with van der Waals surface area (Å²) in [6, 6.07) is 8.53. The molecule has 0 amide bonds. The Hall–Kier alpha value is -1.35. The maximum absolute atomic E-state index is 10.9. The lowest BCUT2D eigenvalue weighted by Crippen LogP contribution is -2.29. The molecule has 0 fully saturated rings. The summed E-state index contributed by atoms with van der Waals surface area (Å²) in [5.74, 6) is -1.22. The van der Waals surface area contributed by atoms with Crippen molar-refractivity contribution in [3.05, 3.63) is 35.4 Å². The van der Waals surface area contributed by atoms with Crippen molar-refractivity contribution in [1.82, 2.24) is 4.90 Å². The molecule has 0 aliphatic carbocycles. The number of carboxylic acid groups (broad SMARTS) is 1. The van der Waals surface area contributed by atoms with Crippen molar-refractivity contribution in [2.45, 2.75) is 52.1 Å². The average Bonchev–Trinajstić information content (AvgIpc) is 2.40. The topological polar surface area (TPSA) is 40.5 Å². The van der Waals surface area contributed by atoms with Crippen LogP contribution in [0.5, 0.6) is 0 Å². The highest BCUT2D eigenvalue weighted by molar-refractivity contribution is 5.75. The maximum atomic E-state index is 10.9. The molecule has 0 radical (unpaired) electrons. The van der Waals surface area contributed by atoms with Gasteiger partial charge in [-0.15, -0.1) is 0 Å². The van der Waals surface area contributed by atoms with Gasteiger partial charge in [-0.25, -0.2) is 0 Å². The van der Waals surface area contributed by atoms with E-state index >= 15 is 0 Å². The van der Waals surface area contributed by atoms with Gasteiger partial charge in [0.25, 0.3) is 0 Å². The molecule has 0 bridgehead atoms. The molecule has 0 aliphatic rings. The Morgan fingerprint density at radius 2 is 1.74 bits per heavy atom. The highest BCUT2D eigenvalue weighted by Gasteiger charge is 2.14. The molecule has 3 heteroatoms. The van der Waals surface area contributed by atoms with Crippen LogP contribution < -0.4 is 0 Å². The van der Waals surface area contributed by atoms with Crippen molar-refractivity contribution in [3.8, 4) is 0 Å². The highest BCUT2D eigenvalue weighted by atomic mass is 16.4. The van der Waals surface area contributed by atoms with Gasteiger partial charge in [-0.2, -0.15) is 0 Å². The first-order valence-corrected chi connectivity index (χ1v) is 7.01. The van der Waals surface area contributed by atoms with Gasteiger partial charge in [-0.1, -0.05) is 38.1 Å². The molecule has 3 nitrogen and oxygen atoms in total. The Morgan fingerprint density at radius 3 is 2.16 bits per heavy atom. The smallest absolute Gasteiger partial charge is 0.310 e. The third-order valence-electron chi connectivity index (χ3n) is 3.85. The van der Waals surface area contributed by atoms with Gasteiger partial charge in [0, 0.05) is 12.6 Å². The summed E-state index contributed by atoms with van der Waals surface area (Å²) in [4.78, 5) is 13.3. The zero-order valence-electron chi connectivity index (χ0n) is 12.4. The summed E-state index contributed by atoms with van der Waals surface area (Å²) >= 11 is 0. The van der Waals surface area contributed by atoms with E-state index in [0.717, 1.165) is 24.9 Å². The van der Waals surface area contributed by atoms with E-state index in [9.17, 15) is 4.79 Å². The Kier molecular flexibility index (Phi) is 6.03. The summed E-state index contributed by atoms with van der Waals surface area (Å²) in [6.45, 7) is 7.05. The predicted molar refractivity (Wildman–Crippen MR) is 78.3 cm³/mol. The minimum atomic E-state index is -0.776. The Labute approximate surface area is 116 Å². The van der Waals surface area contributed by atoms with Crippen LogP contribution in [0.3, 0.4) is 0 Å². The van der Waals surface area contributed by atoms with Crippen LogP contribution in [-0.4, -0.2) is 29.1 Å². The summed E-state index contributed by atoms with van der Waals surface area (Å²) in [5.41, 5.74) is 2.09. The highest BCUT2D eigenvalue weighted by Crippen LogP contribution is 2.17. The summed E-state index contributed by atoms with van der Waals surface area (Å²) in [7, 11) is 2.14. The molecular weight excluding hydrogens is 238 g/mol. The molecular formula is C16H25NO2. The molecule has 0 saturated carbocycles.